The van der Waals surface area contributed by atoms with Crippen LogP contribution in [0.2, 0.25) is 0 Å². The molecule has 2 aromatic heterocycles. The van der Waals surface area contributed by atoms with Crippen LogP contribution in [-0.2, 0) is 0 Å². The minimum Gasteiger partial charge on any atom is -0.383 e. The number of halogens is 1. The number of aromatic amines is 1. The van der Waals surface area contributed by atoms with Crippen molar-refractivity contribution in [1.29, 1.82) is 0 Å². The van der Waals surface area contributed by atoms with Gasteiger partial charge in [-0.25, -0.2) is 9.37 Å². The van der Waals surface area contributed by atoms with Crippen LogP contribution in [0.5, 0.6) is 0 Å². The molecule has 0 aromatic carbocycles. The molecule has 0 aliphatic heterocycles. The fraction of sp³-hybridized carbons (Fsp3) is 0.400. The number of H-pyrrole nitrogens is 1. The summed E-state index contributed by atoms with van der Waals surface area (Å²) in [6.45, 7) is 7.65. The summed E-state index contributed by atoms with van der Waals surface area (Å²) in [5.41, 5.74) is 6.49. The van der Waals surface area contributed by atoms with Gasteiger partial charge in [-0.1, -0.05) is 27.7 Å². The first kappa shape index (κ1) is 16.8. The molecule has 0 spiro atoms. The molecular formula is C15H21FN4O. The lowest BCUT2D eigenvalue weighted by Crippen LogP contribution is -2.14. The quantitative estimate of drug-likeness (QED) is 0.891. The zero-order valence-corrected chi connectivity index (χ0v) is 12.7. The van der Waals surface area contributed by atoms with Gasteiger partial charge < -0.3 is 10.7 Å². The van der Waals surface area contributed by atoms with Crippen molar-refractivity contribution in [3.63, 3.8) is 0 Å². The molecule has 0 amide bonds. The van der Waals surface area contributed by atoms with Crippen molar-refractivity contribution in [2.45, 2.75) is 39.5 Å². The van der Waals surface area contributed by atoms with Crippen LogP contribution < -0.4 is 11.3 Å². The third kappa shape index (κ3) is 4.66. The van der Waals surface area contributed by atoms with Crippen LogP contribution in [0.15, 0.2) is 29.5 Å². The molecule has 2 aromatic rings. The molecule has 2 heterocycles. The summed E-state index contributed by atoms with van der Waals surface area (Å²) >= 11 is 0. The molecule has 0 saturated heterocycles. The Morgan fingerprint density at radius 2 is 1.81 bits per heavy atom. The summed E-state index contributed by atoms with van der Waals surface area (Å²) < 4.78 is 13.0. The summed E-state index contributed by atoms with van der Waals surface area (Å²) in [6.07, 6.45) is 4.50. The van der Waals surface area contributed by atoms with Crippen molar-refractivity contribution in [1.82, 2.24) is 15.0 Å². The van der Waals surface area contributed by atoms with Crippen molar-refractivity contribution < 1.29 is 4.39 Å². The van der Waals surface area contributed by atoms with Crippen LogP contribution in [0.3, 0.4) is 0 Å². The van der Waals surface area contributed by atoms with E-state index in [1.807, 2.05) is 27.7 Å². The molecule has 3 N–H and O–H groups in total. The SMILES string of the molecule is CC(C)c1c(F)ccnc1N.CC(C)c1ncc[nH]c1=O. The Kier molecular flexibility index (Phi) is 6.02. The molecule has 6 heteroatoms. The van der Waals surface area contributed by atoms with E-state index in [1.54, 1.807) is 6.20 Å². The summed E-state index contributed by atoms with van der Waals surface area (Å²) in [7, 11) is 0. The summed E-state index contributed by atoms with van der Waals surface area (Å²) in [5, 5.41) is 0. The number of pyridine rings is 1. The number of nitrogens with two attached hydrogens (primary N) is 1. The van der Waals surface area contributed by atoms with Gasteiger partial charge in [0.1, 0.15) is 17.3 Å². The van der Waals surface area contributed by atoms with Crippen LogP contribution in [0, 0.1) is 5.82 Å². The molecule has 0 unspecified atom stereocenters. The lowest BCUT2D eigenvalue weighted by Gasteiger charge is -2.08. The van der Waals surface area contributed by atoms with E-state index in [4.69, 9.17) is 5.73 Å². The Bertz CT molecular complexity index is 617. The van der Waals surface area contributed by atoms with Gasteiger partial charge in [0.15, 0.2) is 0 Å². The molecule has 0 saturated carbocycles. The number of nitrogens with one attached hydrogen (secondary N) is 1. The predicted molar refractivity (Wildman–Crippen MR) is 81.6 cm³/mol. The second-order valence-electron chi connectivity index (χ2n) is 5.20. The number of rotatable bonds is 2. The van der Waals surface area contributed by atoms with Crippen LogP contribution in [0.1, 0.15) is 50.8 Å². The number of nitrogen functional groups attached to an aromatic ring is 1. The maximum Gasteiger partial charge on any atom is 0.269 e. The summed E-state index contributed by atoms with van der Waals surface area (Å²) in [4.78, 5) is 21.2. The number of hydrogen-bond donors (Lipinski definition) is 2. The highest BCUT2D eigenvalue weighted by atomic mass is 19.1. The molecule has 0 aliphatic carbocycles. The van der Waals surface area contributed by atoms with E-state index in [0.29, 0.717) is 17.1 Å². The zero-order chi connectivity index (χ0) is 16.0. The molecule has 0 fully saturated rings. The maximum atomic E-state index is 13.0. The Morgan fingerprint density at radius 3 is 2.19 bits per heavy atom. The van der Waals surface area contributed by atoms with Gasteiger partial charge in [0.2, 0.25) is 0 Å². The van der Waals surface area contributed by atoms with Gasteiger partial charge in [0.25, 0.3) is 5.56 Å². The summed E-state index contributed by atoms with van der Waals surface area (Å²) in [5.74, 6) is 0.307. The molecule has 0 radical (unpaired) electrons. The Labute approximate surface area is 123 Å². The smallest absolute Gasteiger partial charge is 0.269 e. The molecule has 2 rings (SSSR count). The van der Waals surface area contributed by atoms with E-state index in [9.17, 15) is 9.18 Å². The minimum absolute atomic E-state index is 0.0856. The van der Waals surface area contributed by atoms with Gasteiger partial charge in [-0.05, 0) is 12.0 Å². The molecule has 0 aliphatic rings. The van der Waals surface area contributed by atoms with Crippen molar-refractivity contribution in [3.8, 4) is 0 Å². The van der Waals surface area contributed by atoms with Gasteiger partial charge in [-0.3, -0.25) is 9.78 Å². The topological polar surface area (TPSA) is 84.7 Å². The average molecular weight is 292 g/mol. The van der Waals surface area contributed by atoms with Crippen molar-refractivity contribution in [3.05, 3.63) is 52.1 Å². The number of aromatic nitrogens is 3. The third-order valence-electron chi connectivity index (χ3n) is 2.83. The zero-order valence-electron chi connectivity index (χ0n) is 12.7. The van der Waals surface area contributed by atoms with E-state index in [1.165, 1.54) is 18.5 Å². The van der Waals surface area contributed by atoms with E-state index in [0.717, 1.165) is 0 Å². The molecule has 5 nitrogen and oxygen atoms in total. The Balaban J connectivity index is 0.000000211. The third-order valence-corrected chi connectivity index (χ3v) is 2.83. The largest absolute Gasteiger partial charge is 0.383 e. The average Bonchev–Trinajstić information content (AvgIpc) is 2.39. The van der Waals surface area contributed by atoms with Crippen LogP contribution >= 0.6 is 0 Å². The first-order chi connectivity index (χ1) is 9.84. The highest BCUT2D eigenvalue weighted by molar-refractivity contribution is 5.41. The summed E-state index contributed by atoms with van der Waals surface area (Å²) in [6, 6.07) is 1.33. The van der Waals surface area contributed by atoms with Gasteiger partial charge in [-0.2, -0.15) is 0 Å². The van der Waals surface area contributed by atoms with Crippen LogP contribution in [0.25, 0.3) is 0 Å². The number of hydrogen-bond acceptors (Lipinski definition) is 4. The standard InChI is InChI=1S/C8H11FN2.C7H10N2O/c1-5(2)7-6(9)3-4-11-8(7)10;1-5(2)6-7(10)9-4-3-8-6/h3-5H,1-2H3,(H2,10,11);3-5H,1-2H3,(H,9,10). The molecule has 114 valence electrons. The molecule has 21 heavy (non-hydrogen) atoms. The monoisotopic (exact) mass is 292 g/mol. The van der Waals surface area contributed by atoms with E-state index < -0.39 is 0 Å². The first-order valence-corrected chi connectivity index (χ1v) is 6.78. The van der Waals surface area contributed by atoms with Crippen molar-refractivity contribution >= 4 is 5.82 Å². The molecule has 0 bridgehead atoms. The number of nitrogens with zero attached hydrogens (tertiary/aromatic N) is 2. The Hall–Kier alpha value is -2.24. The predicted octanol–water partition coefficient (Wildman–Crippen LogP) is 2.82. The normalized spacial score (nSPS) is 10.4. The minimum atomic E-state index is -0.271. The van der Waals surface area contributed by atoms with Crippen molar-refractivity contribution in [2.24, 2.45) is 0 Å². The first-order valence-electron chi connectivity index (χ1n) is 6.78. The highest BCUT2D eigenvalue weighted by Gasteiger charge is 2.10. The number of anilines is 1. The lowest BCUT2D eigenvalue weighted by atomic mass is 10.0. The maximum absolute atomic E-state index is 13.0. The van der Waals surface area contributed by atoms with Gasteiger partial charge in [0.05, 0.1) is 0 Å². The second-order valence-corrected chi connectivity index (χ2v) is 5.20. The fourth-order valence-corrected chi connectivity index (χ4v) is 1.81. The Morgan fingerprint density at radius 1 is 1.14 bits per heavy atom. The molecule has 0 atom stereocenters. The van der Waals surface area contributed by atoms with Gasteiger partial charge >= 0.3 is 0 Å². The van der Waals surface area contributed by atoms with E-state index in [-0.39, 0.29) is 23.2 Å². The van der Waals surface area contributed by atoms with Crippen molar-refractivity contribution in [2.75, 3.05) is 5.73 Å². The molecular weight excluding hydrogens is 271 g/mol. The van der Waals surface area contributed by atoms with E-state index >= 15 is 0 Å². The van der Waals surface area contributed by atoms with Gasteiger partial charge in [-0.15, -0.1) is 0 Å². The lowest BCUT2D eigenvalue weighted by molar-refractivity contribution is 0.597. The van der Waals surface area contributed by atoms with E-state index in [2.05, 4.69) is 15.0 Å². The van der Waals surface area contributed by atoms with Crippen LogP contribution in [0.4, 0.5) is 10.2 Å². The van der Waals surface area contributed by atoms with Crippen LogP contribution in [-0.4, -0.2) is 15.0 Å². The second kappa shape index (κ2) is 7.52. The van der Waals surface area contributed by atoms with Gasteiger partial charge in [0, 0.05) is 30.1 Å². The fourth-order valence-electron chi connectivity index (χ4n) is 1.81. The highest BCUT2D eigenvalue weighted by Crippen LogP contribution is 2.22.